The zero-order chi connectivity index (χ0) is 23.1. The number of hydrogen-bond donors (Lipinski definition) is 1. The molecule has 0 atom stereocenters. The molecule has 0 fully saturated rings. The fourth-order valence-corrected chi connectivity index (χ4v) is 4.02. The lowest BCUT2D eigenvalue weighted by molar-refractivity contribution is 0.0947. The molecule has 0 aromatic heterocycles. The molecule has 168 valence electrons. The Balaban J connectivity index is 1.59. The van der Waals surface area contributed by atoms with E-state index in [9.17, 15) is 13.2 Å². The molecule has 0 unspecified atom stereocenters. The van der Waals surface area contributed by atoms with Gasteiger partial charge in [-0.3, -0.25) is 9.10 Å². The third kappa shape index (κ3) is 6.73. The molecule has 32 heavy (non-hydrogen) atoms. The van der Waals surface area contributed by atoms with Crippen molar-refractivity contribution >= 4 is 33.2 Å². The lowest BCUT2D eigenvalue weighted by Gasteiger charge is -2.23. The summed E-state index contributed by atoms with van der Waals surface area (Å²) in [6.07, 6.45) is 1.17. The first-order chi connectivity index (χ1) is 15.2. The van der Waals surface area contributed by atoms with Crippen LogP contribution in [0, 0.1) is 6.92 Å². The number of benzene rings is 3. The fraction of sp³-hybridized carbons (Fsp3) is 0.208. The van der Waals surface area contributed by atoms with Gasteiger partial charge in [-0.25, -0.2) is 8.42 Å². The molecule has 0 aliphatic carbocycles. The van der Waals surface area contributed by atoms with Gasteiger partial charge in [0.2, 0.25) is 10.0 Å². The smallest absolute Gasteiger partial charge is 0.251 e. The summed E-state index contributed by atoms with van der Waals surface area (Å²) in [7, 11) is -3.50. The van der Waals surface area contributed by atoms with Crippen molar-refractivity contribution in [3.8, 4) is 5.75 Å². The topological polar surface area (TPSA) is 75.7 Å². The number of carbonyl (C=O) groups is 1. The van der Waals surface area contributed by atoms with Crippen molar-refractivity contribution in [2.75, 3.05) is 23.7 Å². The molecule has 0 saturated heterocycles. The van der Waals surface area contributed by atoms with Gasteiger partial charge in [-0.05, 0) is 61.0 Å². The number of nitrogens with one attached hydrogen (secondary N) is 1. The molecule has 3 rings (SSSR count). The lowest BCUT2D eigenvalue weighted by atomic mass is 10.1. The quantitative estimate of drug-likeness (QED) is 0.467. The number of amides is 1. The number of aryl methyl sites for hydroxylation is 1. The van der Waals surface area contributed by atoms with Crippen LogP contribution in [0.2, 0.25) is 5.02 Å². The van der Waals surface area contributed by atoms with Gasteiger partial charge in [0.15, 0.2) is 0 Å². The van der Waals surface area contributed by atoms with E-state index in [0.717, 1.165) is 11.1 Å². The maximum atomic E-state index is 12.4. The molecule has 6 nitrogen and oxygen atoms in total. The summed E-state index contributed by atoms with van der Waals surface area (Å²) in [6.45, 7) is 2.83. The zero-order valence-corrected chi connectivity index (χ0v) is 19.5. The zero-order valence-electron chi connectivity index (χ0n) is 17.9. The summed E-state index contributed by atoms with van der Waals surface area (Å²) in [6, 6.07) is 21.2. The third-order valence-corrected chi connectivity index (χ3v) is 6.13. The summed E-state index contributed by atoms with van der Waals surface area (Å²) in [4.78, 5) is 12.4. The van der Waals surface area contributed by atoms with Gasteiger partial charge in [0, 0.05) is 10.6 Å². The van der Waals surface area contributed by atoms with Crippen molar-refractivity contribution in [3.05, 3.63) is 94.5 Å². The highest BCUT2D eigenvalue weighted by molar-refractivity contribution is 7.92. The Kier molecular flexibility index (Phi) is 7.77. The normalized spacial score (nSPS) is 11.1. The summed E-state index contributed by atoms with van der Waals surface area (Å²) in [5.41, 5.74) is 2.91. The molecule has 0 aliphatic rings. The van der Waals surface area contributed by atoms with E-state index in [-0.39, 0.29) is 12.5 Å². The molecule has 0 heterocycles. The van der Waals surface area contributed by atoms with Crippen LogP contribution in [-0.4, -0.2) is 33.7 Å². The molecule has 0 bridgehead atoms. The predicted molar refractivity (Wildman–Crippen MR) is 128 cm³/mol. The second kappa shape index (κ2) is 10.5. The van der Waals surface area contributed by atoms with Crippen molar-refractivity contribution in [1.82, 2.24) is 5.32 Å². The number of nitrogens with zero attached hydrogens (tertiary/aromatic N) is 1. The Morgan fingerprint density at radius 3 is 2.19 bits per heavy atom. The van der Waals surface area contributed by atoms with Crippen LogP contribution in [0.15, 0.2) is 72.8 Å². The molecule has 0 radical (unpaired) electrons. The molecule has 3 aromatic carbocycles. The second-order valence-corrected chi connectivity index (χ2v) is 9.70. The van der Waals surface area contributed by atoms with Crippen LogP contribution >= 0.6 is 11.6 Å². The van der Waals surface area contributed by atoms with E-state index in [1.807, 2.05) is 31.2 Å². The molecule has 0 aliphatic heterocycles. The maximum Gasteiger partial charge on any atom is 0.251 e. The number of hydrogen-bond acceptors (Lipinski definition) is 4. The maximum absolute atomic E-state index is 12.4. The summed E-state index contributed by atoms with van der Waals surface area (Å²) in [5.74, 6) is 0.406. The highest BCUT2D eigenvalue weighted by Gasteiger charge is 2.18. The van der Waals surface area contributed by atoms with Gasteiger partial charge in [0.1, 0.15) is 12.4 Å². The van der Waals surface area contributed by atoms with Gasteiger partial charge in [0.25, 0.3) is 5.91 Å². The number of sulfonamides is 1. The van der Waals surface area contributed by atoms with E-state index < -0.39 is 10.0 Å². The summed E-state index contributed by atoms with van der Waals surface area (Å²) < 4.78 is 31.6. The first kappa shape index (κ1) is 23.6. The lowest BCUT2D eigenvalue weighted by Crippen LogP contribution is -2.30. The number of rotatable bonds is 9. The molecule has 8 heteroatoms. The van der Waals surface area contributed by atoms with Crippen LogP contribution in [0.4, 0.5) is 5.69 Å². The Morgan fingerprint density at radius 2 is 1.59 bits per heavy atom. The minimum absolute atomic E-state index is 0.215. The van der Waals surface area contributed by atoms with Crippen LogP contribution in [0.3, 0.4) is 0 Å². The van der Waals surface area contributed by atoms with Crippen LogP contribution in [0.5, 0.6) is 5.75 Å². The minimum Gasteiger partial charge on any atom is -0.492 e. The van der Waals surface area contributed by atoms with Gasteiger partial charge in [-0.2, -0.15) is 0 Å². The van der Waals surface area contributed by atoms with Gasteiger partial charge in [-0.1, -0.05) is 41.4 Å². The van der Waals surface area contributed by atoms with E-state index in [1.165, 1.54) is 10.6 Å². The average molecular weight is 473 g/mol. The average Bonchev–Trinajstić information content (AvgIpc) is 2.77. The van der Waals surface area contributed by atoms with E-state index in [2.05, 4.69) is 5.32 Å². The number of ether oxygens (including phenoxy) is 1. The number of halogens is 1. The van der Waals surface area contributed by atoms with E-state index in [4.69, 9.17) is 16.3 Å². The van der Waals surface area contributed by atoms with Crippen LogP contribution in [0.25, 0.3) is 0 Å². The van der Waals surface area contributed by atoms with E-state index in [0.29, 0.717) is 35.2 Å². The van der Waals surface area contributed by atoms with Crippen molar-refractivity contribution in [1.29, 1.82) is 0 Å². The highest BCUT2D eigenvalue weighted by Crippen LogP contribution is 2.21. The Labute approximate surface area is 193 Å². The Morgan fingerprint density at radius 1 is 0.969 bits per heavy atom. The SMILES string of the molecule is Cc1ccc(CN(c2ccc(C(=O)NCCOc3ccc(Cl)cc3)cc2)S(C)(=O)=O)cc1. The van der Waals surface area contributed by atoms with Crippen LogP contribution in [-0.2, 0) is 16.6 Å². The Bertz CT molecular complexity index is 1150. The molecule has 0 spiro atoms. The number of carbonyl (C=O) groups excluding carboxylic acids is 1. The molecule has 0 saturated carbocycles. The molecule has 3 aromatic rings. The van der Waals surface area contributed by atoms with Crippen molar-refractivity contribution < 1.29 is 17.9 Å². The molecular formula is C24H25ClN2O4S. The van der Waals surface area contributed by atoms with Crippen molar-refractivity contribution in [2.24, 2.45) is 0 Å². The first-order valence-corrected chi connectivity index (χ1v) is 12.2. The molecular weight excluding hydrogens is 448 g/mol. The van der Waals surface area contributed by atoms with Crippen LogP contribution < -0.4 is 14.4 Å². The largest absolute Gasteiger partial charge is 0.492 e. The standard InChI is InChI=1S/C24H25ClN2O4S/c1-18-3-5-19(6-4-18)17-27(32(2,29)30)22-11-7-20(8-12-22)24(28)26-15-16-31-23-13-9-21(25)10-14-23/h3-14H,15-17H2,1-2H3,(H,26,28). The monoisotopic (exact) mass is 472 g/mol. The van der Waals surface area contributed by atoms with Crippen LogP contribution in [0.1, 0.15) is 21.5 Å². The van der Waals surface area contributed by atoms with E-state index >= 15 is 0 Å². The Hall–Kier alpha value is -3.03. The fourth-order valence-electron chi connectivity index (χ4n) is 3.00. The summed E-state index contributed by atoms with van der Waals surface area (Å²) in [5, 5.41) is 3.41. The minimum atomic E-state index is -3.50. The first-order valence-electron chi connectivity index (χ1n) is 10.0. The van der Waals surface area contributed by atoms with Crippen molar-refractivity contribution in [3.63, 3.8) is 0 Å². The summed E-state index contributed by atoms with van der Waals surface area (Å²) >= 11 is 5.83. The predicted octanol–water partition coefficient (Wildman–Crippen LogP) is 4.42. The number of anilines is 1. The van der Waals surface area contributed by atoms with Gasteiger partial charge >= 0.3 is 0 Å². The molecule has 1 N–H and O–H groups in total. The van der Waals surface area contributed by atoms with Gasteiger partial charge in [-0.15, -0.1) is 0 Å². The second-order valence-electron chi connectivity index (χ2n) is 7.36. The third-order valence-electron chi connectivity index (χ3n) is 4.73. The van der Waals surface area contributed by atoms with Gasteiger partial charge < -0.3 is 10.1 Å². The van der Waals surface area contributed by atoms with Gasteiger partial charge in [0.05, 0.1) is 25.0 Å². The van der Waals surface area contributed by atoms with Crippen molar-refractivity contribution in [2.45, 2.75) is 13.5 Å². The molecule has 1 amide bonds. The highest BCUT2D eigenvalue weighted by atomic mass is 35.5. The van der Waals surface area contributed by atoms with E-state index in [1.54, 1.807) is 48.5 Å².